The van der Waals surface area contributed by atoms with Crippen LogP contribution >= 0.6 is 15.9 Å². The van der Waals surface area contributed by atoms with E-state index in [0.29, 0.717) is 12.0 Å². The van der Waals surface area contributed by atoms with Crippen LogP contribution in [0.1, 0.15) is 20.3 Å². The van der Waals surface area contributed by atoms with Crippen LogP contribution in [0.4, 0.5) is 5.69 Å². The van der Waals surface area contributed by atoms with E-state index in [0.717, 1.165) is 29.9 Å². The van der Waals surface area contributed by atoms with Gasteiger partial charge in [-0.15, -0.1) is 0 Å². The van der Waals surface area contributed by atoms with Crippen LogP contribution in [0.25, 0.3) is 0 Å². The third-order valence-corrected chi connectivity index (χ3v) is 4.49. The Morgan fingerprint density at radius 2 is 2.26 bits per heavy atom. The Labute approximate surface area is 124 Å². The molecule has 0 amide bonds. The summed E-state index contributed by atoms with van der Waals surface area (Å²) in [6.45, 7) is 7.79. The number of halogens is 1. The molecule has 0 saturated carbocycles. The normalized spacial score (nSPS) is 23.5. The Hall–Kier alpha value is -0.740. The van der Waals surface area contributed by atoms with Crippen LogP contribution in [0.2, 0.25) is 0 Å². The molecular formula is C15H23BrN2O. The van der Waals surface area contributed by atoms with Gasteiger partial charge in [0.2, 0.25) is 0 Å². The highest BCUT2D eigenvalue weighted by Gasteiger charge is 2.25. The molecule has 2 rings (SSSR count). The maximum Gasteiger partial charge on any atom is 0.133 e. The summed E-state index contributed by atoms with van der Waals surface area (Å²) in [4.78, 5) is 2.46. The number of anilines is 1. The minimum atomic E-state index is 0.655. The van der Waals surface area contributed by atoms with Crippen LogP contribution in [0.5, 0.6) is 5.75 Å². The smallest absolute Gasteiger partial charge is 0.133 e. The quantitative estimate of drug-likeness (QED) is 0.918. The lowest BCUT2D eigenvalue weighted by molar-refractivity contribution is 0.327. The van der Waals surface area contributed by atoms with Crippen molar-refractivity contribution < 1.29 is 4.74 Å². The second-order valence-corrected chi connectivity index (χ2v) is 6.05. The van der Waals surface area contributed by atoms with Gasteiger partial charge >= 0.3 is 0 Å². The Morgan fingerprint density at radius 3 is 2.84 bits per heavy atom. The molecular weight excluding hydrogens is 304 g/mol. The zero-order valence-electron chi connectivity index (χ0n) is 11.9. The number of rotatable bonds is 4. The molecule has 3 nitrogen and oxygen atoms in total. The summed E-state index contributed by atoms with van der Waals surface area (Å²) < 4.78 is 6.30. The number of nitrogens with one attached hydrogen (secondary N) is 1. The molecule has 1 aromatic rings. The van der Waals surface area contributed by atoms with Crippen LogP contribution in [-0.4, -0.2) is 32.8 Å². The van der Waals surface area contributed by atoms with Crippen LogP contribution in [0.15, 0.2) is 22.7 Å². The summed E-state index contributed by atoms with van der Waals surface area (Å²) in [5, 5.41) is 3.58. The fraction of sp³-hybridized carbons (Fsp3) is 0.600. The van der Waals surface area contributed by atoms with E-state index in [9.17, 15) is 0 Å². The maximum absolute atomic E-state index is 5.28. The van der Waals surface area contributed by atoms with E-state index in [2.05, 4.69) is 52.1 Å². The van der Waals surface area contributed by atoms with Crippen molar-refractivity contribution in [1.29, 1.82) is 0 Å². The highest BCUT2D eigenvalue weighted by molar-refractivity contribution is 9.10. The summed E-state index contributed by atoms with van der Waals surface area (Å²) in [6, 6.07) is 6.98. The molecule has 1 aliphatic heterocycles. The Kier molecular flexibility index (Phi) is 5.11. The zero-order chi connectivity index (χ0) is 13.8. The van der Waals surface area contributed by atoms with E-state index < -0.39 is 0 Å². The van der Waals surface area contributed by atoms with Crippen molar-refractivity contribution >= 4 is 21.6 Å². The van der Waals surface area contributed by atoms with Crippen molar-refractivity contribution in [3.8, 4) is 5.75 Å². The monoisotopic (exact) mass is 326 g/mol. The Balaban J connectivity index is 2.06. The van der Waals surface area contributed by atoms with Gasteiger partial charge in [-0.25, -0.2) is 0 Å². The summed E-state index contributed by atoms with van der Waals surface area (Å²) in [5.41, 5.74) is 1.27. The number of ether oxygens (including phenoxy) is 1. The van der Waals surface area contributed by atoms with E-state index >= 15 is 0 Å². The van der Waals surface area contributed by atoms with Gasteiger partial charge in [0.1, 0.15) is 5.75 Å². The highest BCUT2D eigenvalue weighted by atomic mass is 79.9. The highest BCUT2D eigenvalue weighted by Crippen LogP contribution is 2.31. The molecule has 1 N–H and O–H groups in total. The molecule has 106 valence electrons. The largest absolute Gasteiger partial charge is 0.496 e. The van der Waals surface area contributed by atoms with Gasteiger partial charge in [0.05, 0.1) is 11.6 Å². The molecule has 1 fully saturated rings. The summed E-state index contributed by atoms with van der Waals surface area (Å²) in [7, 11) is 1.70. The lowest BCUT2D eigenvalue weighted by Gasteiger charge is -2.38. The summed E-state index contributed by atoms with van der Waals surface area (Å²) in [6.07, 6.45) is 1.21. The minimum Gasteiger partial charge on any atom is -0.496 e. The fourth-order valence-electron chi connectivity index (χ4n) is 2.80. The number of methoxy groups -OCH3 is 1. The second kappa shape index (κ2) is 6.62. The van der Waals surface area contributed by atoms with E-state index in [4.69, 9.17) is 4.74 Å². The first-order valence-electron chi connectivity index (χ1n) is 6.97. The Bertz CT molecular complexity index is 425. The predicted octanol–water partition coefficient (Wildman–Crippen LogP) is 3.28. The molecule has 0 spiro atoms. The van der Waals surface area contributed by atoms with Crippen molar-refractivity contribution in [1.82, 2.24) is 5.32 Å². The third kappa shape index (κ3) is 3.42. The Morgan fingerprint density at radius 1 is 1.47 bits per heavy atom. The first-order chi connectivity index (χ1) is 9.15. The van der Waals surface area contributed by atoms with Gasteiger partial charge in [-0.2, -0.15) is 0 Å². The number of hydrogen-bond donors (Lipinski definition) is 1. The average Bonchev–Trinajstić information content (AvgIpc) is 2.41. The number of hydrogen-bond acceptors (Lipinski definition) is 3. The number of benzene rings is 1. The van der Waals surface area contributed by atoms with Crippen molar-refractivity contribution in [3.05, 3.63) is 22.7 Å². The van der Waals surface area contributed by atoms with Gasteiger partial charge in [0.15, 0.2) is 0 Å². The van der Waals surface area contributed by atoms with Gasteiger partial charge < -0.3 is 15.0 Å². The molecule has 4 heteroatoms. The SMILES string of the molecule is CCNC1CCN(c2ccc(OC)c(Br)c2)CC1C. The van der Waals surface area contributed by atoms with Crippen molar-refractivity contribution in [2.24, 2.45) is 5.92 Å². The minimum absolute atomic E-state index is 0.655. The second-order valence-electron chi connectivity index (χ2n) is 5.19. The number of piperidine rings is 1. The maximum atomic E-state index is 5.28. The molecule has 1 aromatic carbocycles. The third-order valence-electron chi connectivity index (χ3n) is 3.87. The van der Waals surface area contributed by atoms with Crippen LogP contribution in [-0.2, 0) is 0 Å². The summed E-state index contributed by atoms with van der Waals surface area (Å²) in [5.74, 6) is 1.56. The molecule has 2 atom stereocenters. The molecule has 19 heavy (non-hydrogen) atoms. The van der Waals surface area contributed by atoms with E-state index in [1.54, 1.807) is 7.11 Å². The topological polar surface area (TPSA) is 24.5 Å². The van der Waals surface area contributed by atoms with Gasteiger partial charge in [0.25, 0.3) is 0 Å². The lowest BCUT2D eigenvalue weighted by Crippen LogP contribution is -2.48. The number of nitrogens with zero attached hydrogens (tertiary/aromatic N) is 1. The van der Waals surface area contributed by atoms with Crippen molar-refractivity contribution in [3.63, 3.8) is 0 Å². The van der Waals surface area contributed by atoms with Gasteiger partial charge in [-0.3, -0.25) is 0 Å². The molecule has 0 bridgehead atoms. The van der Waals surface area contributed by atoms with Crippen LogP contribution in [0.3, 0.4) is 0 Å². The molecule has 0 aliphatic carbocycles. The average molecular weight is 327 g/mol. The predicted molar refractivity (Wildman–Crippen MR) is 84.2 cm³/mol. The molecule has 0 aromatic heterocycles. The van der Waals surface area contributed by atoms with E-state index in [1.807, 2.05) is 6.07 Å². The van der Waals surface area contributed by atoms with Crippen molar-refractivity contribution in [2.45, 2.75) is 26.3 Å². The summed E-state index contributed by atoms with van der Waals surface area (Å²) >= 11 is 3.56. The van der Waals surface area contributed by atoms with Crippen LogP contribution in [0, 0.1) is 5.92 Å². The molecule has 1 saturated heterocycles. The van der Waals surface area contributed by atoms with E-state index in [1.165, 1.54) is 12.1 Å². The first kappa shape index (κ1) is 14.7. The molecule has 0 radical (unpaired) electrons. The molecule has 1 aliphatic rings. The van der Waals surface area contributed by atoms with Gasteiger partial charge in [-0.1, -0.05) is 13.8 Å². The fourth-order valence-corrected chi connectivity index (χ4v) is 3.33. The first-order valence-corrected chi connectivity index (χ1v) is 7.76. The standard InChI is InChI=1S/C15H23BrN2O/c1-4-17-14-7-8-18(10-11(14)2)12-5-6-15(19-3)13(16)9-12/h5-6,9,11,14,17H,4,7-8,10H2,1-3H3. The van der Waals surface area contributed by atoms with Gasteiger partial charge in [0, 0.05) is 24.8 Å². The van der Waals surface area contributed by atoms with Crippen LogP contribution < -0.4 is 15.0 Å². The van der Waals surface area contributed by atoms with Crippen molar-refractivity contribution in [2.75, 3.05) is 31.6 Å². The zero-order valence-corrected chi connectivity index (χ0v) is 13.5. The lowest BCUT2D eigenvalue weighted by atomic mass is 9.93. The molecule has 1 heterocycles. The molecule has 2 unspecified atom stereocenters. The van der Waals surface area contributed by atoms with E-state index in [-0.39, 0.29) is 0 Å². The van der Waals surface area contributed by atoms with Gasteiger partial charge in [-0.05, 0) is 53.0 Å².